The first-order chi connectivity index (χ1) is 9.95. The van der Waals surface area contributed by atoms with Crippen LogP contribution >= 0.6 is 0 Å². The standard InChI is InChI=1S/C14H13N3O3S/c1-9-4-2-3-5-11(9)17-21(19,20)10-6-7-12-13(8-10)16-14(18)15-12/h2-8,10,17H,1H3,(H,16,18). The molecule has 1 aromatic carbocycles. The SMILES string of the molecule is Cc1ccccc1NS(=O)(=O)C1C=CC2=NC(=O)NC2=C1. The third kappa shape index (κ3) is 2.59. The average molecular weight is 303 g/mol. The third-order valence-corrected chi connectivity index (χ3v) is 4.78. The molecule has 1 atom stereocenters. The van der Waals surface area contributed by atoms with Crippen LogP contribution in [0.15, 0.2) is 53.2 Å². The molecule has 1 heterocycles. The van der Waals surface area contributed by atoms with Gasteiger partial charge in [0.05, 0.1) is 17.1 Å². The summed E-state index contributed by atoms with van der Waals surface area (Å²) in [6.45, 7) is 1.83. The maximum Gasteiger partial charge on any atom is 0.346 e. The van der Waals surface area contributed by atoms with Crippen LogP contribution in [0.2, 0.25) is 0 Å². The Hall–Kier alpha value is -2.41. The van der Waals surface area contributed by atoms with Gasteiger partial charge < -0.3 is 5.32 Å². The second kappa shape index (κ2) is 4.85. The first-order valence-corrected chi connectivity index (χ1v) is 7.88. The molecule has 0 bridgehead atoms. The fourth-order valence-corrected chi connectivity index (χ4v) is 3.41. The van der Waals surface area contributed by atoms with Gasteiger partial charge in [0, 0.05) is 0 Å². The Morgan fingerprint density at radius 3 is 2.81 bits per heavy atom. The van der Waals surface area contributed by atoms with E-state index >= 15 is 0 Å². The van der Waals surface area contributed by atoms with Gasteiger partial charge >= 0.3 is 6.03 Å². The number of allylic oxidation sites excluding steroid dienone is 1. The highest BCUT2D eigenvalue weighted by molar-refractivity contribution is 7.93. The molecule has 1 unspecified atom stereocenters. The second-order valence-corrected chi connectivity index (χ2v) is 6.63. The lowest BCUT2D eigenvalue weighted by molar-refractivity contribution is 0.253. The third-order valence-electron chi connectivity index (χ3n) is 3.27. The van der Waals surface area contributed by atoms with E-state index in [9.17, 15) is 13.2 Å². The number of carbonyl (C=O) groups excluding carboxylic acids is 1. The van der Waals surface area contributed by atoms with Crippen LogP contribution in [0.4, 0.5) is 10.5 Å². The quantitative estimate of drug-likeness (QED) is 0.891. The van der Waals surface area contributed by atoms with E-state index < -0.39 is 21.3 Å². The van der Waals surface area contributed by atoms with Crippen LogP contribution in [0.1, 0.15) is 5.56 Å². The van der Waals surface area contributed by atoms with E-state index in [1.807, 2.05) is 19.1 Å². The number of benzene rings is 1. The Morgan fingerprint density at radius 1 is 1.29 bits per heavy atom. The first kappa shape index (κ1) is 13.6. The van der Waals surface area contributed by atoms with Crippen molar-refractivity contribution in [1.29, 1.82) is 0 Å². The Bertz CT molecular complexity index is 807. The van der Waals surface area contributed by atoms with Gasteiger partial charge in [-0.25, -0.2) is 13.2 Å². The first-order valence-electron chi connectivity index (χ1n) is 6.33. The van der Waals surface area contributed by atoms with Crippen molar-refractivity contribution in [3.05, 3.63) is 53.8 Å². The second-order valence-electron chi connectivity index (χ2n) is 4.79. The monoisotopic (exact) mass is 303 g/mol. The predicted octanol–water partition coefficient (Wildman–Crippen LogP) is 1.72. The maximum atomic E-state index is 12.4. The highest BCUT2D eigenvalue weighted by atomic mass is 32.2. The summed E-state index contributed by atoms with van der Waals surface area (Å²) in [6, 6.07) is 6.66. The fraction of sp³-hybridized carbons (Fsp3) is 0.143. The molecule has 0 radical (unpaired) electrons. The van der Waals surface area contributed by atoms with Gasteiger partial charge in [-0.15, -0.1) is 0 Å². The summed E-state index contributed by atoms with van der Waals surface area (Å²) >= 11 is 0. The number of urea groups is 1. The molecule has 6 nitrogen and oxygen atoms in total. The zero-order valence-corrected chi connectivity index (χ0v) is 12.0. The molecule has 108 valence electrons. The minimum Gasteiger partial charge on any atom is -0.304 e. The lowest BCUT2D eigenvalue weighted by atomic mass is 10.1. The normalized spacial score (nSPS) is 20.4. The van der Waals surface area contributed by atoms with E-state index in [1.165, 1.54) is 18.2 Å². The minimum atomic E-state index is -3.63. The molecule has 7 heteroatoms. The van der Waals surface area contributed by atoms with Gasteiger partial charge in [-0.05, 0) is 30.7 Å². The van der Waals surface area contributed by atoms with Crippen LogP contribution in [0, 0.1) is 6.92 Å². The Labute approximate surface area is 122 Å². The molecule has 21 heavy (non-hydrogen) atoms. The molecule has 1 aromatic rings. The van der Waals surface area contributed by atoms with E-state index in [1.54, 1.807) is 12.1 Å². The van der Waals surface area contributed by atoms with Crippen LogP contribution in [0.25, 0.3) is 0 Å². The summed E-state index contributed by atoms with van der Waals surface area (Å²) in [7, 11) is -3.63. The number of aliphatic imine (C=N–C) groups is 1. The molecule has 2 aliphatic rings. The van der Waals surface area contributed by atoms with Crippen LogP contribution in [0.3, 0.4) is 0 Å². The van der Waals surface area contributed by atoms with E-state index in [2.05, 4.69) is 15.0 Å². The molecule has 1 aliphatic heterocycles. The number of aryl methyl sites for hydroxylation is 1. The predicted molar refractivity (Wildman–Crippen MR) is 80.7 cm³/mol. The van der Waals surface area contributed by atoms with Gasteiger partial charge in [-0.3, -0.25) is 4.72 Å². The van der Waals surface area contributed by atoms with E-state index in [0.29, 0.717) is 17.1 Å². The number of amides is 2. The number of hydrogen-bond donors (Lipinski definition) is 2. The van der Waals surface area contributed by atoms with Gasteiger partial charge in [0.15, 0.2) is 0 Å². The largest absolute Gasteiger partial charge is 0.346 e. The van der Waals surface area contributed by atoms with Crippen molar-refractivity contribution in [1.82, 2.24) is 5.32 Å². The summed E-state index contributed by atoms with van der Waals surface area (Å²) in [5, 5.41) is 1.65. The number of fused-ring (bicyclic) bond motifs is 1. The summed E-state index contributed by atoms with van der Waals surface area (Å²) in [5.41, 5.74) is 2.27. The molecule has 1 aliphatic carbocycles. The highest BCUT2D eigenvalue weighted by Gasteiger charge is 2.29. The number of nitrogens with one attached hydrogen (secondary N) is 2. The van der Waals surface area contributed by atoms with Gasteiger partial charge in [0.2, 0.25) is 10.0 Å². The molecule has 2 N–H and O–H groups in total. The molecular formula is C14H13N3O3S. The number of carbonyl (C=O) groups is 1. The van der Waals surface area contributed by atoms with Crippen molar-refractivity contribution in [2.75, 3.05) is 4.72 Å². The molecule has 0 saturated heterocycles. The smallest absolute Gasteiger partial charge is 0.304 e. The molecule has 3 rings (SSSR count). The van der Waals surface area contributed by atoms with Crippen molar-refractivity contribution in [2.45, 2.75) is 12.2 Å². The molecule has 0 spiro atoms. The Balaban J connectivity index is 1.87. The number of para-hydroxylation sites is 1. The van der Waals surface area contributed by atoms with Crippen LogP contribution in [0.5, 0.6) is 0 Å². The zero-order valence-electron chi connectivity index (χ0n) is 11.2. The lowest BCUT2D eigenvalue weighted by Gasteiger charge is -2.17. The number of nitrogens with zero attached hydrogens (tertiary/aromatic N) is 1. The Kier molecular flexibility index (Phi) is 3.13. The van der Waals surface area contributed by atoms with Crippen molar-refractivity contribution in [3.8, 4) is 0 Å². The van der Waals surface area contributed by atoms with Crippen LogP contribution < -0.4 is 10.0 Å². The molecular weight excluding hydrogens is 290 g/mol. The fourth-order valence-electron chi connectivity index (χ4n) is 2.14. The number of rotatable bonds is 3. The van der Waals surface area contributed by atoms with E-state index in [-0.39, 0.29) is 0 Å². The van der Waals surface area contributed by atoms with Gasteiger partial charge in [-0.1, -0.05) is 24.3 Å². The van der Waals surface area contributed by atoms with Crippen molar-refractivity contribution < 1.29 is 13.2 Å². The van der Waals surface area contributed by atoms with Crippen molar-refractivity contribution in [2.24, 2.45) is 4.99 Å². The summed E-state index contributed by atoms with van der Waals surface area (Å²) in [4.78, 5) is 14.9. The molecule has 0 fully saturated rings. The number of sulfonamides is 1. The average Bonchev–Trinajstić information content (AvgIpc) is 2.80. The summed E-state index contributed by atoms with van der Waals surface area (Å²) < 4.78 is 27.4. The zero-order chi connectivity index (χ0) is 15.0. The maximum absolute atomic E-state index is 12.4. The number of anilines is 1. The van der Waals surface area contributed by atoms with Crippen LogP contribution in [-0.2, 0) is 10.0 Å². The van der Waals surface area contributed by atoms with Crippen LogP contribution in [-0.4, -0.2) is 25.4 Å². The lowest BCUT2D eigenvalue weighted by Crippen LogP contribution is -2.29. The highest BCUT2D eigenvalue weighted by Crippen LogP contribution is 2.21. The molecule has 0 aromatic heterocycles. The summed E-state index contributed by atoms with van der Waals surface area (Å²) in [5.74, 6) is 0. The van der Waals surface area contributed by atoms with Gasteiger partial charge in [0.25, 0.3) is 0 Å². The van der Waals surface area contributed by atoms with Gasteiger partial charge in [-0.2, -0.15) is 4.99 Å². The topological polar surface area (TPSA) is 87.6 Å². The minimum absolute atomic E-state index is 0.433. The van der Waals surface area contributed by atoms with Crippen molar-refractivity contribution in [3.63, 3.8) is 0 Å². The van der Waals surface area contributed by atoms with E-state index in [0.717, 1.165) is 5.56 Å². The molecule has 0 saturated carbocycles. The van der Waals surface area contributed by atoms with Crippen molar-refractivity contribution >= 4 is 27.5 Å². The van der Waals surface area contributed by atoms with Gasteiger partial charge in [0.1, 0.15) is 5.25 Å². The summed E-state index contributed by atoms with van der Waals surface area (Å²) in [6.07, 6.45) is 4.52. The Morgan fingerprint density at radius 2 is 2.05 bits per heavy atom. The van der Waals surface area contributed by atoms with E-state index in [4.69, 9.17) is 0 Å². The molecule has 2 amide bonds. The number of hydrogen-bond acceptors (Lipinski definition) is 3.